The first-order valence-electron chi connectivity index (χ1n) is 9.56. The Balaban J connectivity index is 1.76. The van der Waals surface area contributed by atoms with Crippen LogP contribution >= 0.6 is 11.8 Å². The minimum atomic E-state index is -0.118. The smallest absolute Gasteiger partial charge is 0.244 e. The van der Waals surface area contributed by atoms with Gasteiger partial charge in [0, 0.05) is 56.8 Å². The molecule has 1 aromatic carbocycles. The molecule has 1 amide bonds. The third kappa shape index (κ3) is 4.78. The molecule has 5 heteroatoms. The number of hydrogen-bond acceptors (Lipinski definition) is 4. The summed E-state index contributed by atoms with van der Waals surface area (Å²) in [5, 5.41) is 0. The van der Waals surface area contributed by atoms with Crippen molar-refractivity contribution in [1.29, 1.82) is 0 Å². The van der Waals surface area contributed by atoms with Crippen LogP contribution in [0.15, 0.2) is 30.3 Å². The van der Waals surface area contributed by atoms with Crippen molar-refractivity contribution in [1.82, 2.24) is 14.7 Å². The van der Waals surface area contributed by atoms with Crippen LogP contribution in [0.4, 0.5) is 0 Å². The summed E-state index contributed by atoms with van der Waals surface area (Å²) < 4.78 is 0. The van der Waals surface area contributed by atoms with Crippen molar-refractivity contribution in [3.8, 4) is 0 Å². The van der Waals surface area contributed by atoms with Crippen LogP contribution in [0, 0.1) is 0 Å². The van der Waals surface area contributed by atoms with E-state index in [4.69, 9.17) is 0 Å². The highest BCUT2D eigenvalue weighted by atomic mass is 32.2. The van der Waals surface area contributed by atoms with Crippen LogP contribution in [0.3, 0.4) is 0 Å². The molecule has 138 valence electrons. The molecule has 0 bridgehead atoms. The zero-order valence-electron chi connectivity index (χ0n) is 15.6. The van der Waals surface area contributed by atoms with Crippen LogP contribution < -0.4 is 0 Å². The zero-order chi connectivity index (χ0) is 17.6. The molecule has 1 atom stereocenters. The van der Waals surface area contributed by atoms with E-state index in [0.29, 0.717) is 11.9 Å². The van der Waals surface area contributed by atoms with Gasteiger partial charge in [-0.1, -0.05) is 30.3 Å². The van der Waals surface area contributed by atoms with Gasteiger partial charge in [0.2, 0.25) is 5.91 Å². The van der Waals surface area contributed by atoms with Crippen LogP contribution in [0.5, 0.6) is 0 Å². The number of benzene rings is 1. The summed E-state index contributed by atoms with van der Waals surface area (Å²) >= 11 is 1.99. The molecule has 3 rings (SSSR count). The number of rotatable bonds is 4. The highest BCUT2D eigenvalue weighted by Crippen LogP contribution is 2.27. The van der Waals surface area contributed by atoms with Gasteiger partial charge in [-0.15, -0.1) is 0 Å². The topological polar surface area (TPSA) is 26.8 Å². The highest BCUT2D eigenvalue weighted by Gasteiger charge is 2.33. The fourth-order valence-electron chi connectivity index (χ4n) is 3.83. The normalized spacial score (nSPS) is 22.0. The van der Waals surface area contributed by atoms with Crippen LogP contribution in [0.25, 0.3) is 0 Å². The zero-order valence-corrected chi connectivity index (χ0v) is 16.4. The molecule has 0 radical (unpaired) electrons. The predicted octanol–water partition coefficient (Wildman–Crippen LogP) is 2.72. The van der Waals surface area contributed by atoms with Crippen molar-refractivity contribution in [2.75, 3.05) is 50.8 Å². The molecule has 0 spiro atoms. The lowest BCUT2D eigenvalue weighted by molar-refractivity contribution is -0.137. The first-order valence-corrected chi connectivity index (χ1v) is 10.7. The molecule has 2 saturated heterocycles. The van der Waals surface area contributed by atoms with Crippen molar-refractivity contribution >= 4 is 17.7 Å². The maximum absolute atomic E-state index is 13.5. The average Bonchev–Trinajstić information content (AvgIpc) is 2.90. The maximum Gasteiger partial charge on any atom is 0.244 e. The first kappa shape index (κ1) is 18.7. The molecule has 0 aliphatic carbocycles. The molecule has 1 aromatic rings. The summed E-state index contributed by atoms with van der Waals surface area (Å²) in [6, 6.07) is 10.8. The van der Waals surface area contributed by atoms with Gasteiger partial charge in [0.15, 0.2) is 0 Å². The van der Waals surface area contributed by atoms with E-state index in [9.17, 15) is 4.79 Å². The van der Waals surface area contributed by atoms with Gasteiger partial charge >= 0.3 is 0 Å². The van der Waals surface area contributed by atoms with E-state index in [0.717, 1.165) is 62.8 Å². The lowest BCUT2D eigenvalue weighted by atomic mass is 10.0. The van der Waals surface area contributed by atoms with E-state index >= 15 is 0 Å². The number of carbonyl (C=O) groups is 1. The van der Waals surface area contributed by atoms with Gasteiger partial charge in [-0.25, -0.2) is 0 Å². The molecule has 4 nitrogen and oxygen atoms in total. The third-order valence-corrected chi connectivity index (χ3v) is 6.28. The van der Waals surface area contributed by atoms with Gasteiger partial charge in [0.05, 0.1) is 0 Å². The SMILES string of the molecule is CC(C)N1CCCN(C(=O)C(c2ccccc2)N2CCSCC2)CC1. The summed E-state index contributed by atoms with van der Waals surface area (Å²) in [6.07, 6.45) is 1.07. The summed E-state index contributed by atoms with van der Waals surface area (Å²) in [5.74, 6) is 2.54. The summed E-state index contributed by atoms with van der Waals surface area (Å²) in [4.78, 5) is 20.5. The van der Waals surface area contributed by atoms with Crippen molar-refractivity contribution in [3.63, 3.8) is 0 Å². The Morgan fingerprint density at radius 2 is 1.64 bits per heavy atom. The van der Waals surface area contributed by atoms with E-state index < -0.39 is 0 Å². The number of carbonyl (C=O) groups excluding carboxylic acids is 1. The van der Waals surface area contributed by atoms with Crippen LogP contribution in [-0.4, -0.2) is 77.4 Å². The van der Waals surface area contributed by atoms with E-state index in [1.54, 1.807) is 0 Å². The van der Waals surface area contributed by atoms with E-state index in [-0.39, 0.29) is 6.04 Å². The molecule has 1 unspecified atom stereocenters. The van der Waals surface area contributed by atoms with Gasteiger partial charge in [0.1, 0.15) is 6.04 Å². The minimum absolute atomic E-state index is 0.118. The number of nitrogens with zero attached hydrogens (tertiary/aromatic N) is 3. The Bertz CT molecular complexity index is 545. The highest BCUT2D eigenvalue weighted by molar-refractivity contribution is 7.99. The van der Waals surface area contributed by atoms with Gasteiger partial charge < -0.3 is 4.90 Å². The fourth-order valence-corrected chi connectivity index (χ4v) is 4.76. The Morgan fingerprint density at radius 1 is 0.920 bits per heavy atom. The van der Waals surface area contributed by atoms with E-state index in [1.165, 1.54) is 0 Å². The van der Waals surface area contributed by atoms with E-state index in [1.807, 2.05) is 17.8 Å². The maximum atomic E-state index is 13.5. The Labute approximate surface area is 156 Å². The molecular weight excluding hydrogens is 330 g/mol. The molecule has 25 heavy (non-hydrogen) atoms. The number of thioether (sulfide) groups is 1. The van der Waals surface area contributed by atoms with E-state index in [2.05, 4.69) is 52.8 Å². The van der Waals surface area contributed by atoms with Crippen molar-refractivity contribution in [2.24, 2.45) is 0 Å². The Hall–Kier alpha value is -1.04. The molecule has 0 N–H and O–H groups in total. The minimum Gasteiger partial charge on any atom is -0.340 e. The summed E-state index contributed by atoms with van der Waals surface area (Å²) in [5.41, 5.74) is 1.14. The molecule has 0 saturated carbocycles. The second-order valence-corrected chi connectivity index (χ2v) is 8.49. The monoisotopic (exact) mass is 361 g/mol. The number of amides is 1. The average molecular weight is 362 g/mol. The standard InChI is InChI=1S/C20H31N3OS/c1-17(2)21-9-6-10-23(12-11-21)20(24)19(18-7-4-3-5-8-18)22-13-15-25-16-14-22/h3-5,7-8,17,19H,6,9-16H2,1-2H3. The Kier molecular flexibility index (Phi) is 6.79. The van der Waals surface area contributed by atoms with Gasteiger partial charge in [-0.3, -0.25) is 14.6 Å². The van der Waals surface area contributed by atoms with Crippen LogP contribution in [0.2, 0.25) is 0 Å². The second kappa shape index (κ2) is 9.06. The molecule has 2 heterocycles. The van der Waals surface area contributed by atoms with Crippen molar-refractivity contribution < 1.29 is 4.79 Å². The predicted molar refractivity (Wildman–Crippen MR) is 106 cm³/mol. The third-order valence-electron chi connectivity index (χ3n) is 5.33. The molecular formula is C20H31N3OS. The second-order valence-electron chi connectivity index (χ2n) is 7.27. The van der Waals surface area contributed by atoms with Gasteiger partial charge in [-0.2, -0.15) is 11.8 Å². The van der Waals surface area contributed by atoms with Crippen molar-refractivity contribution in [2.45, 2.75) is 32.4 Å². The summed E-state index contributed by atoms with van der Waals surface area (Å²) in [7, 11) is 0. The molecule has 2 aliphatic heterocycles. The molecule has 2 aliphatic rings. The van der Waals surface area contributed by atoms with Crippen molar-refractivity contribution in [3.05, 3.63) is 35.9 Å². The quantitative estimate of drug-likeness (QED) is 0.824. The fraction of sp³-hybridized carbons (Fsp3) is 0.650. The van der Waals surface area contributed by atoms with Crippen LogP contribution in [-0.2, 0) is 4.79 Å². The Morgan fingerprint density at radius 3 is 2.32 bits per heavy atom. The molecule has 0 aromatic heterocycles. The lowest BCUT2D eigenvalue weighted by Crippen LogP contribution is -2.47. The first-order chi connectivity index (χ1) is 12.2. The van der Waals surface area contributed by atoms with Crippen LogP contribution in [0.1, 0.15) is 31.9 Å². The number of hydrogen-bond donors (Lipinski definition) is 0. The lowest BCUT2D eigenvalue weighted by Gasteiger charge is -2.36. The van der Waals surface area contributed by atoms with Gasteiger partial charge in [-0.05, 0) is 25.8 Å². The largest absolute Gasteiger partial charge is 0.340 e. The summed E-state index contributed by atoms with van der Waals surface area (Å²) in [6.45, 7) is 10.3. The van der Waals surface area contributed by atoms with Gasteiger partial charge in [0.25, 0.3) is 0 Å². The molecule has 2 fully saturated rings.